The molecule has 1 aliphatic rings. The van der Waals surface area contributed by atoms with E-state index in [0.29, 0.717) is 12.3 Å². The molecule has 96 valence electrons. The molecule has 1 saturated carbocycles. The van der Waals surface area contributed by atoms with E-state index in [4.69, 9.17) is 10.2 Å². The predicted octanol–water partition coefficient (Wildman–Crippen LogP) is 3.46. The number of nitrogens with two attached hydrogens (primary N) is 1. The van der Waals surface area contributed by atoms with Crippen LogP contribution in [-0.4, -0.2) is 6.54 Å². The van der Waals surface area contributed by atoms with Crippen molar-refractivity contribution in [3.05, 3.63) is 23.7 Å². The maximum absolute atomic E-state index is 12.5. The quantitative estimate of drug-likeness (QED) is 0.869. The number of alkyl halides is 3. The SMILES string of the molecule is NCC1(c2ccc(C(F)(F)F)o2)CCCCC1. The van der Waals surface area contributed by atoms with Gasteiger partial charge in [0.05, 0.1) is 0 Å². The summed E-state index contributed by atoms with van der Waals surface area (Å²) >= 11 is 0. The van der Waals surface area contributed by atoms with Crippen molar-refractivity contribution in [3.8, 4) is 0 Å². The van der Waals surface area contributed by atoms with Gasteiger partial charge in [0.25, 0.3) is 0 Å². The van der Waals surface area contributed by atoms with Gasteiger partial charge < -0.3 is 10.2 Å². The van der Waals surface area contributed by atoms with Gasteiger partial charge in [0.1, 0.15) is 5.76 Å². The molecule has 0 radical (unpaired) electrons. The molecule has 5 heteroatoms. The van der Waals surface area contributed by atoms with Crippen LogP contribution in [0.15, 0.2) is 16.5 Å². The van der Waals surface area contributed by atoms with E-state index in [9.17, 15) is 13.2 Å². The fourth-order valence-corrected chi connectivity index (χ4v) is 2.55. The Kier molecular flexibility index (Phi) is 3.21. The lowest BCUT2D eigenvalue weighted by Gasteiger charge is -2.34. The zero-order chi connectivity index (χ0) is 12.5. The highest BCUT2D eigenvalue weighted by molar-refractivity contribution is 5.20. The Bertz CT molecular complexity index is 377. The summed E-state index contributed by atoms with van der Waals surface area (Å²) in [4.78, 5) is 0. The molecule has 0 aromatic carbocycles. The average Bonchev–Trinajstić information content (AvgIpc) is 2.79. The average molecular weight is 247 g/mol. The fourth-order valence-electron chi connectivity index (χ4n) is 2.55. The third-order valence-electron chi connectivity index (χ3n) is 3.61. The normalized spacial score (nSPS) is 20.5. The van der Waals surface area contributed by atoms with Gasteiger partial charge in [0, 0.05) is 12.0 Å². The monoisotopic (exact) mass is 247 g/mol. The fraction of sp³-hybridized carbons (Fsp3) is 0.667. The van der Waals surface area contributed by atoms with Crippen LogP contribution in [0.2, 0.25) is 0 Å². The summed E-state index contributed by atoms with van der Waals surface area (Å²) < 4.78 is 42.4. The van der Waals surface area contributed by atoms with Crippen LogP contribution in [0.25, 0.3) is 0 Å². The Balaban J connectivity index is 2.28. The molecule has 1 heterocycles. The summed E-state index contributed by atoms with van der Waals surface area (Å²) in [6, 6.07) is 2.43. The number of rotatable bonds is 2. The third kappa shape index (κ3) is 2.34. The van der Waals surface area contributed by atoms with E-state index in [1.807, 2.05) is 0 Å². The minimum absolute atomic E-state index is 0.345. The first-order valence-electron chi connectivity index (χ1n) is 5.85. The molecule has 0 unspecified atom stereocenters. The van der Waals surface area contributed by atoms with E-state index in [1.54, 1.807) is 0 Å². The van der Waals surface area contributed by atoms with Gasteiger partial charge in [-0.15, -0.1) is 0 Å². The van der Waals surface area contributed by atoms with Crippen LogP contribution in [0.5, 0.6) is 0 Å². The van der Waals surface area contributed by atoms with Crippen LogP contribution in [0.1, 0.15) is 43.6 Å². The molecule has 1 fully saturated rings. The Morgan fingerprint density at radius 1 is 1.18 bits per heavy atom. The van der Waals surface area contributed by atoms with E-state index < -0.39 is 11.9 Å². The van der Waals surface area contributed by atoms with E-state index in [0.717, 1.165) is 38.2 Å². The summed E-state index contributed by atoms with van der Waals surface area (Å²) in [5, 5.41) is 0. The highest BCUT2D eigenvalue weighted by Crippen LogP contribution is 2.41. The number of furan rings is 1. The van der Waals surface area contributed by atoms with Crippen molar-refractivity contribution >= 4 is 0 Å². The molecule has 2 nitrogen and oxygen atoms in total. The van der Waals surface area contributed by atoms with Crippen LogP contribution < -0.4 is 5.73 Å². The van der Waals surface area contributed by atoms with Gasteiger partial charge in [-0.3, -0.25) is 0 Å². The third-order valence-corrected chi connectivity index (χ3v) is 3.61. The summed E-state index contributed by atoms with van der Waals surface area (Å²) in [7, 11) is 0. The molecular weight excluding hydrogens is 231 g/mol. The molecule has 17 heavy (non-hydrogen) atoms. The van der Waals surface area contributed by atoms with Crippen LogP contribution in [0, 0.1) is 0 Å². The molecule has 2 N–H and O–H groups in total. The van der Waals surface area contributed by atoms with E-state index in [1.165, 1.54) is 6.07 Å². The lowest BCUT2D eigenvalue weighted by molar-refractivity contribution is -0.153. The first-order chi connectivity index (χ1) is 7.98. The smallest absolute Gasteiger partial charge is 0.449 e. The van der Waals surface area contributed by atoms with Crippen LogP contribution in [0.4, 0.5) is 13.2 Å². The maximum atomic E-state index is 12.5. The van der Waals surface area contributed by atoms with Gasteiger partial charge >= 0.3 is 6.18 Å². The largest absolute Gasteiger partial charge is 0.456 e. The van der Waals surface area contributed by atoms with Gasteiger partial charge in [-0.05, 0) is 25.0 Å². The van der Waals surface area contributed by atoms with E-state index in [-0.39, 0.29) is 5.41 Å². The summed E-state index contributed by atoms with van der Waals surface area (Å²) in [6.45, 7) is 0.345. The second-order valence-corrected chi connectivity index (χ2v) is 4.71. The number of hydrogen-bond donors (Lipinski definition) is 1. The molecule has 0 amide bonds. The van der Waals surface area contributed by atoms with Crippen LogP contribution in [0.3, 0.4) is 0 Å². The maximum Gasteiger partial charge on any atom is 0.449 e. The molecule has 0 bridgehead atoms. The van der Waals surface area contributed by atoms with E-state index in [2.05, 4.69) is 0 Å². The van der Waals surface area contributed by atoms with Crippen molar-refractivity contribution in [1.29, 1.82) is 0 Å². The molecule has 1 aromatic heterocycles. The molecule has 0 aliphatic heterocycles. The molecule has 0 saturated heterocycles. The summed E-state index contributed by atoms with van der Waals surface area (Å²) in [5.41, 5.74) is 5.36. The van der Waals surface area contributed by atoms with Crippen molar-refractivity contribution < 1.29 is 17.6 Å². The zero-order valence-electron chi connectivity index (χ0n) is 9.52. The minimum atomic E-state index is -4.41. The van der Waals surface area contributed by atoms with Crippen molar-refractivity contribution in [2.45, 2.75) is 43.7 Å². The van der Waals surface area contributed by atoms with Crippen LogP contribution in [-0.2, 0) is 11.6 Å². The van der Waals surface area contributed by atoms with Crippen molar-refractivity contribution in [2.24, 2.45) is 5.73 Å². The standard InChI is InChI=1S/C12H16F3NO/c13-12(14,15)10-5-4-9(17-10)11(8-16)6-2-1-3-7-11/h4-5H,1-3,6-8,16H2. The number of halogens is 3. The molecule has 0 atom stereocenters. The van der Waals surface area contributed by atoms with Gasteiger partial charge in [-0.1, -0.05) is 19.3 Å². The zero-order valence-corrected chi connectivity index (χ0v) is 9.52. The molecule has 1 aliphatic carbocycles. The first-order valence-corrected chi connectivity index (χ1v) is 5.85. The van der Waals surface area contributed by atoms with Crippen LogP contribution >= 0.6 is 0 Å². The molecule has 0 spiro atoms. The van der Waals surface area contributed by atoms with Crippen molar-refractivity contribution in [2.75, 3.05) is 6.54 Å². The lowest BCUT2D eigenvalue weighted by Crippen LogP contribution is -2.36. The predicted molar refractivity (Wildman–Crippen MR) is 57.5 cm³/mol. The Morgan fingerprint density at radius 3 is 2.29 bits per heavy atom. The topological polar surface area (TPSA) is 39.2 Å². The Morgan fingerprint density at radius 2 is 1.82 bits per heavy atom. The van der Waals surface area contributed by atoms with Gasteiger partial charge in [-0.25, -0.2) is 0 Å². The summed E-state index contributed by atoms with van der Waals surface area (Å²) in [6.07, 6.45) is 0.332. The minimum Gasteiger partial charge on any atom is -0.456 e. The van der Waals surface area contributed by atoms with Crippen molar-refractivity contribution in [3.63, 3.8) is 0 Å². The molecule has 1 aromatic rings. The highest BCUT2D eigenvalue weighted by Gasteiger charge is 2.40. The Hall–Kier alpha value is -0.970. The van der Waals surface area contributed by atoms with Gasteiger partial charge in [-0.2, -0.15) is 13.2 Å². The lowest BCUT2D eigenvalue weighted by atomic mass is 9.72. The molecular formula is C12H16F3NO. The second-order valence-electron chi connectivity index (χ2n) is 4.71. The van der Waals surface area contributed by atoms with Crippen molar-refractivity contribution in [1.82, 2.24) is 0 Å². The summed E-state index contributed by atoms with van der Waals surface area (Å²) in [5.74, 6) is -0.530. The van der Waals surface area contributed by atoms with Gasteiger partial charge in [0.2, 0.25) is 5.76 Å². The van der Waals surface area contributed by atoms with E-state index >= 15 is 0 Å². The Labute approximate surface area is 98.0 Å². The highest BCUT2D eigenvalue weighted by atomic mass is 19.4. The second kappa shape index (κ2) is 4.37. The number of hydrogen-bond acceptors (Lipinski definition) is 2. The first kappa shape index (κ1) is 12.5. The molecule has 2 rings (SSSR count). The van der Waals surface area contributed by atoms with Gasteiger partial charge in [0.15, 0.2) is 0 Å².